The Labute approximate surface area is 83.7 Å². The maximum Gasteiger partial charge on any atom is 0.214 e. The molecule has 0 saturated carbocycles. The molecule has 0 aliphatic rings. The number of allylic oxidation sites excluding steroid dienone is 1. The van der Waals surface area contributed by atoms with Crippen LogP contribution in [0.15, 0.2) is 29.8 Å². The fourth-order valence-corrected chi connectivity index (χ4v) is 0.851. The molecule has 1 aromatic heterocycles. The van der Waals surface area contributed by atoms with Crippen molar-refractivity contribution in [1.82, 2.24) is 4.98 Å². The Morgan fingerprint density at radius 2 is 2.36 bits per heavy atom. The van der Waals surface area contributed by atoms with Gasteiger partial charge in [-0.2, -0.15) is 5.26 Å². The van der Waals surface area contributed by atoms with E-state index in [2.05, 4.69) is 4.98 Å². The molecule has 1 aromatic rings. The zero-order valence-corrected chi connectivity index (χ0v) is 8.32. The van der Waals surface area contributed by atoms with Gasteiger partial charge >= 0.3 is 0 Å². The van der Waals surface area contributed by atoms with Crippen LogP contribution in [0.4, 0.5) is 0 Å². The van der Waals surface area contributed by atoms with E-state index in [1.165, 1.54) is 5.57 Å². The quantitative estimate of drug-likeness (QED) is 0.684. The molecule has 1 rings (SSSR count). The van der Waals surface area contributed by atoms with Gasteiger partial charge in [-0.05, 0) is 26.0 Å². The minimum atomic E-state index is 0.375. The van der Waals surface area contributed by atoms with Crippen LogP contribution in [0.25, 0.3) is 0 Å². The molecule has 3 heteroatoms. The molecule has 0 spiro atoms. The van der Waals surface area contributed by atoms with Crippen molar-refractivity contribution < 1.29 is 4.74 Å². The van der Waals surface area contributed by atoms with Gasteiger partial charge < -0.3 is 4.74 Å². The average Bonchev–Trinajstić information content (AvgIpc) is 2.18. The van der Waals surface area contributed by atoms with Crippen LogP contribution in [0.5, 0.6) is 5.88 Å². The summed E-state index contributed by atoms with van der Waals surface area (Å²) in [5.74, 6) is 0.488. The monoisotopic (exact) mass is 188 g/mol. The van der Waals surface area contributed by atoms with Crippen LogP contribution in [0, 0.1) is 11.3 Å². The Kier molecular flexibility index (Phi) is 3.69. The summed E-state index contributed by atoms with van der Waals surface area (Å²) in [6.07, 6.45) is 1.96. The number of hydrogen-bond acceptors (Lipinski definition) is 3. The molecule has 0 fully saturated rings. The molecule has 0 bridgehead atoms. The van der Waals surface area contributed by atoms with Crippen molar-refractivity contribution in [3.63, 3.8) is 0 Å². The minimum absolute atomic E-state index is 0.375. The highest BCUT2D eigenvalue weighted by atomic mass is 16.5. The first kappa shape index (κ1) is 10.3. The Morgan fingerprint density at radius 3 is 3.00 bits per heavy atom. The number of hydrogen-bond donors (Lipinski definition) is 0. The normalized spacial score (nSPS) is 8.93. The molecule has 72 valence electrons. The van der Waals surface area contributed by atoms with Gasteiger partial charge in [-0.1, -0.05) is 11.6 Å². The predicted octanol–water partition coefficient (Wildman–Crippen LogP) is 2.30. The van der Waals surface area contributed by atoms with Crippen LogP contribution in [-0.2, 0) is 0 Å². The molecule has 0 radical (unpaired) electrons. The lowest BCUT2D eigenvalue weighted by atomic mass is 10.3. The summed E-state index contributed by atoms with van der Waals surface area (Å²) in [6, 6.07) is 7.10. The van der Waals surface area contributed by atoms with Crippen LogP contribution in [0.3, 0.4) is 0 Å². The molecule has 0 saturated heterocycles. The van der Waals surface area contributed by atoms with Crippen LogP contribution < -0.4 is 4.74 Å². The first-order chi connectivity index (χ1) is 6.72. The van der Waals surface area contributed by atoms with Gasteiger partial charge in [0.2, 0.25) is 5.88 Å². The van der Waals surface area contributed by atoms with Gasteiger partial charge in [0.1, 0.15) is 18.4 Å². The Balaban J connectivity index is 2.60. The second-order valence-corrected chi connectivity index (χ2v) is 3.07. The van der Waals surface area contributed by atoms with Crippen LogP contribution in [0.2, 0.25) is 0 Å². The standard InChI is InChI=1S/C11H12N2O/c1-9(2)6-7-14-11-5-3-4-10(8-12)13-11/h3-6H,7H2,1-2H3. The average molecular weight is 188 g/mol. The lowest BCUT2D eigenvalue weighted by molar-refractivity contribution is 0.347. The third kappa shape index (κ3) is 3.28. The van der Waals surface area contributed by atoms with Crippen molar-refractivity contribution in [1.29, 1.82) is 5.26 Å². The summed E-state index contributed by atoms with van der Waals surface area (Å²) >= 11 is 0. The van der Waals surface area contributed by atoms with E-state index >= 15 is 0 Å². The van der Waals surface area contributed by atoms with Crippen molar-refractivity contribution in [2.75, 3.05) is 6.61 Å². The first-order valence-corrected chi connectivity index (χ1v) is 4.35. The molecule has 0 N–H and O–H groups in total. The Hall–Kier alpha value is -1.82. The molecular formula is C11H12N2O. The van der Waals surface area contributed by atoms with E-state index in [0.29, 0.717) is 18.2 Å². The second-order valence-electron chi connectivity index (χ2n) is 3.07. The van der Waals surface area contributed by atoms with Crippen molar-refractivity contribution in [2.45, 2.75) is 13.8 Å². The number of pyridine rings is 1. The van der Waals surface area contributed by atoms with E-state index in [1.54, 1.807) is 18.2 Å². The molecule has 0 aliphatic carbocycles. The van der Waals surface area contributed by atoms with Gasteiger partial charge in [-0.15, -0.1) is 0 Å². The van der Waals surface area contributed by atoms with Crippen LogP contribution >= 0.6 is 0 Å². The number of rotatable bonds is 3. The zero-order chi connectivity index (χ0) is 10.4. The molecule has 0 aromatic carbocycles. The number of nitrogens with zero attached hydrogens (tertiary/aromatic N) is 2. The van der Waals surface area contributed by atoms with E-state index in [0.717, 1.165) is 0 Å². The fourth-order valence-electron chi connectivity index (χ4n) is 0.851. The summed E-state index contributed by atoms with van der Waals surface area (Å²) in [5.41, 5.74) is 1.57. The van der Waals surface area contributed by atoms with E-state index in [1.807, 2.05) is 26.0 Å². The van der Waals surface area contributed by atoms with Crippen molar-refractivity contribution >= 4 is 0 Å². The smallest absolute Gasteiger partial charge is 0.214 e. The molecule has 0 aliphatic heterocycles. The summed E-state index contributed by atoms with van der Waals surface area (Å²) in [7, 11) is 0. The molecule has 0 atom stereocenters. The third-order valence-electron chi connectivity index (χ3n) is 1.56. The van der Waals surface area contributed by atoms with Crippen molar-refractivity contribution in [2.24, 2.45) is 0 Å². The SMILES string of the molecule is CC(C)=CCOc1cccc(C#N)n1. The lowest BCUT2D eigenvalue weighted by Gasteiger charge is -2.01. The van der Waals surface area contributed by atoms with E-state index < -0.39 is 0 Å². The predicted molar refractivity (Wildman–Crippen MR) is 53.9 cm³/mol. The van der Waals surface area contributed by atoms with Gasteiger partial charge in [0.25, 0.3) is 0 Å². The topological polar surface area (TPSA) is 45.9 Å². The molecular weight excluding hydrogens is 176 g/mol. The molecule has 0 unspecified atom stereocenters. The Morgan fingerprint density at radius 1 is 1.57 bits per heavy atom. The maximum atomic E-state index is 8.60. The molecule has 0 amide bonds. The van der Waals surface area contributed by atoms with E-state index in [9.17, 15) is 0 Å². The van der Waals surface area contributed by atoms with Crippen molar-refractivity contribution in [3.05, 3.63) is 35.5 Å². The summed E-state index contributed by atoms with van der Waals surface area (Å²) in [4.78, 5) is 3.98. The van der Waals surface area contributed by atoms with Gasteiger partial charge in [0.15, 0.2) is 0 Å². The molecule has 1 heterocycles. The highest BCUT2D eigenvalue weighted by Crippen LogP contribution is 2.06. The van der Waals surface area contributed by atoms with Crippen LogP contribution in [0.1, 0.15) is 19.5 Å². The highest BCUT2D eigenvalue weighted by molar-refractivity contribution is 5.24. The molecule has 14 heavy (non-hydrogen) atoms. The number of aromatic nitrogens is 1. The first-order valence-electron chi connectivity index (χ1n) is 4.35. The summed E-state index contributed by atoms with van der Waals surface area (Å²) in [5, 5.41) is 8.60. The summed E-state index contributed by atoms with van der Waals surface area (Å²) < 4.78 is 5.32. The van der Waals surface area contributed by atoms with Gasteiger partial charge in [0, 0.05) is 6.07 Å². The number of ether oxygens (including phenoxy) is 1. The molecule has 3 nitrogen and oxygen atoms in total. The van der Waals surface area contributed by atoms with Gasteiger partial charge in [-0.3, -0.25) is 0 Å². The number of nitriles is 1. The lowest BCUT2D eigenvalue weighted by Crippen LogP contribution is -1.97. The second kappa shape index (κ2) is 5.03. The van der Waals surface area contributed by atoms with Gasteiger partial charge in [0.05, 0.1) is 0 Å². The zero-order valence-electron chi connectivity index (χ0n) is 8.32. The van der Waals surface area contributed by atoms with Gasteiger partial charge in [-0.25, -0.2) is 4.98 Å². The van der Waals surface area contributed by atoms with Crippen molar-refractivity contribution in [3.8, 4) is 11.9 Å². The van der Waals surface area contributed by atoms with E-state index in [-0.39, 0.29) is 0 Å². The Bertz CT molecular complexity index is 373. The van der Waals surface area contributed by atoms with E-state index in [4.69, 9.17) is 10.00 Å². The fraction of sp³-hybridized carbons (Fsp3) is 0.273. The third-order valence-corrected chi connectivity index (χ3v) is 1.56. The largest absolute Gasteiger partial charge is 0.473 e. The maximum absolute atomic E-state index is 8.60. The minimum Gasteiger partial charge on any atom is -0.473 e. The van der Waals surface area contributed by atoms with Crippen LogP contribution in [-0.4, -0.2) is 11.6 Å². The highest BCUT2D eigenvalue weighted by Gasteiger charge is 1.95. The summed E-state index contributed by atoms with van der Waals surface area (Å²) in [6.45, 7) is 4.50.